The van der Waals surface area contributed by atoms with E-state index in [0.717, 1.165) is 29.8 Å². The minimum Gasteiger partial charge on any atom is -0.313 e. The predicted molar refractivity (Wildman–Crippen MR) is 85.6 cm³/mol. The summed E-state index contributed by atoms with van der Waals surface area (Å²) in [6.45, 7) is -0.455. The second kappa shape index (κ2) is 6.81. The topological polar surface area (TPSA) is 45.9 Å². The van der Waals surface area contributed by atoms with Crippen LogP contribution >= 0.6 is 11.3 Å². The largest absolute Gasteiger partial charge is 0.416 e. The van der Waals surface area contributed by atoms with Crippen molar-refractivity contribution in [3.8, 4) is 0 Å². The minimum atomic E-state index is -5.01. The SMILES string of the molecule is N=c1sc2c(n1CC(=O)c1cc(C(F)(F)F)cc(C(F)(F)F)c1)CCCC2. The molecule has 1 heterocycles. The zero-order valence-electron chi connectivity index (χ0n) is 13.8. The summed E-state index contributed by atoms with van der Waals surface area (Å²) in [5, 5.41) is 7.97. The molecule has 27 heavy (non-hydrogen) atoms. The third-order valence-electron chi connectivity index (χ3n) is 4.39. The fourth-order valence-electron chi connectivity index (χ4n) is 3.07. The van der Waals surface area contributed by atoms with Gasteiger partial charge >= 0.3 is 12.4 Å². The van der Waals surface area contributed by atoms with Gasteiger partial charge in [0.1, 0.15) is 0 Å². The van der Waals surface area contributed by atoms with Gasteiger partial charge in [0.25, 0.3) is 0 Å². The normalized spacial score (nSPS) is 14.9. The number of thiazole rings is 1. The fourth-order valence-corrected chi connectivity index (χ4v) is 4.16. The Labute approximate surface area is 153 Å². The first-order valence-electron chi connectivity index (χ1n) is 8.05. The van der Waals surface area contributed by atoms with Crippen LogP contribution in [0.3, 0.4) is 0 Å². The molecular formula is C17H14F6N2OS. The monoisotopic (exact) mass is 408 g/mol. The van der Waals surface area contributed by atoms with E-state index in [2.05, 4.69) is 0 Å². The lowest BCUT2D eigenvalue weighted by Gasteiger charge is -2.16. The Morgan fingerprint density at radius 2 is 1.56 bits per heavy atom. The number of halogens is 6. The highest BCUT2D eigenvalue weighted by Crippen LogP contribution is 2.36. The Balaban J connectivity index is 2.00. The Hall–Kier alpha value is -2.10. The van der Waals surface area contributed by atoms with Gasteiger partial charge in [-0.1, -0.05) is 0 Å². The van der Waals surface area contributed by atoms with Crippen LogP contribution in [-0.2, 0) is 31.7 Å². The lowest BCUT2D eigenvalue weighted by Crippen LogP contribution is -2.23. The van der Waals surface area contributed by atoms with Crippen LogP contribution in [0.15, 0.2) is 18.2 Å². The molecule has 146 valence electrons. The van der Waals surface area contributed by atoms with Crippen molar-refractivity contribution >= 4 is 17.1 Å². The number of aromatic nitrogens is 1. The van der Waals surface area contributed by atoms with E-state index in [9.17, 15) is 31.1 Å². The number of nitrogens with one attached hydrogen (secondary N) is 1. The molecule has 0 saturated carbocycles. The van der Waals surface area contributed by atoms with Gasteiger partial charge in [0.2, 0.25) is 0 Å². The Morgan fingerprint density at radius 3 is 2.11 bits per heavy atom. The second-order valence-corrected chi connectivity index (χ2v) is 7.37. The third-order valence-corrected chi connectivity index (χ3v) is 5.49. The van der Waals surface area contributed by atoms with E-state index in [4.69, 9.17) is 5.41 Å². The van der Waals surface area contributed by atoms with Gasteiger partial charge in [0.05, 0.1) is 17.7 Å². The summed E-state index contributed by atoms with van der Waals surface area (Å²) in [7, 11) is 0. The van der Waals surface area contributed by atoms with Crippen molar-refractivity contribution in [1.82, 2.24) is 4.57 Å². The van der Waals surface area contributed by atoms with Crippen LogP contribution in [0.25, 0.3) is 0 Å². The summed E-state index contributed by atoms with van der Waals surface area (Å²) in [6.07, 6.45) is -6.82. The molecule has 1 aliphatic carbocycles. The van der Waals surface area contributed by atoms with Gasteiger partial charge in [0, 0.05) is 16.1 Å². The zero-order valence-corrected chi connectivity index (χ0v) is 14.6. The van der Waals surface area contributed by atoms with Gasteiger partial charge in [-0.2, -0.15) is 26.3 Å². The molecule has 3 rings (SSSR count). The van der Waals surface area contributed by atoms with Crippen molar-refractivity contribution in [3.05, 3.63) is 50.3 Å². The summed E-state index contributed by atoms with van der Waals surface area (Å²) in [4.78, 5) is 13.5. The minimum absolute atomic E-state index is 0.00764. The van der Waals surface area contributed by atoms with Crippen LogP contribution in [-0.4, -0.2) is 10.4 Å². The number of nitrogens with zero attached hydrogens (tertiary/aromatic N) is 1. The molecule has 3 nitrogen and oxygen atoms in total. The van der Waals surface area contributed by atoms with Crippen molar-refractivity contribution in [1.29, 1.82) is 5.41 Å². The van der Waals surface area contributed by atoms with E-state index < -0.39 is 41.4 Å². The van der Waals surface area contributed by atoms with Gasteiger partial charge in [-0.15, -0.1) is 11.3 Å². The Bertz CT molecular complexity index is 906. The second-order valence-electron chi connectivity index (χ2n) is 6.29. The van der Waals surface area contributed by atoms with Gasteiger partial charge in [-0.3, -0.25) is 10.2 Å². The standard InChI is InChI=1S/C17H14F6N2OS/c18-16(19,20)10-5-9(6-11(7-10)17(21,22)23)13(26)8-25-12-3-1-2-4-14(12)27-15(25)24/h5-7,24H,1-4,8H2. The molecule has 1 aromatic heterocycles. The summed E-state index contributed by atoms with van der Waals surface area (Å²) in [5.41, 5.74) is -2.94. The molecule has 0 saturated heterocycles. The van der Waals surface area contributed by atoms with Crippen molar-refractivity contribution in [2.24, 2.45) is 0 Å². The van der Waals surface area contributed by atoms with Gasteiger partial charge in [0.15, 0.2) is 10.6 Å². The number of hydrogen-bond acceptors (Lipinski definition) is 3. The van der Waals surface area contributed by atoms with Gasteiger partial charge in [-0.25, -0.2) is 0 Å². The highest BCUT2D eigenvalue weighted by molar-refractivity contribution is 7.09. The maximum Gasteiger partial charge on any atom is 0.416 e. The first kappa shape index (κ1) is 19.7. The molecule has 0 fully saturated rings. The summed E-state index contributed by atoms with van der Waals surface area (Å²) in [6, 6.07) is 0.855. The highest BCUT2D eigenvalue weighted by atomic mass is 32.1. The summed E-state index contributed by atoms with van der Waals surface area (Å²) < 4.78 is 79.1. The van der Waals surface area contributed by atoms with E-state index in [1.807, 2.05) is 0 Å². The first-order valence-corrected chi connectivity index (χ1v) is 8.87. The molecule has 0 aliphatic heterocycles. The number of carbonyl (C=O) groups is 1. The van der Waals surface area contributed by atoms with Crippen LogP contribution < -0.4 is 4.80 Å². The van der Waals surface area contributed by atoms with Crippen molar-refractivity contribution in [3.63, 3.8) is 0 Å². The van der Waals surface area contributed by atoms with E-state index in [0.29, 0.717) is 18.6 Å². The molecular weight excluding hydrogens is 394 g/mol. The van der Waals surface area contributed by atoms with Gasteiger partial charge < -0.3 is 4.57 Å². The van der Waals surface area contributed by atoms with Crippen LogP contribution in [0.4, 0.5) is 26.3 Å². The molecule has 10 heteroatoms. The van der Waals surface area contributed by atoms with Crippen LogP contribution in [0.2, 0.25) is 0 Å². The predicted octanol–water partition coefficient (Wildman–Crippen LogP) is 4.83. The van der Waals surface area contributed by atoms with Crippen molar-refractivity contribution in [2.75, 3.05) is 0 Å². The maximum atomic E-state index is 13.0. The van der Waals surface area contributed by atoms with Gasteiger partial charge in [-0.05, 0) is 43.9 Å². The van der Waals surface area contributed by atoms with Crippen LogP contribution in [0.5, 0.6) is 0 Å². The van der Waals surface area contributed by atoms with Crippen molar-refractivity contribution < 1.29 is 31.1 Å². The number of Topliss-reactive ketones (excluding diaryl/α,β-unsaturated/α-hetero) is 1. The molecule has 2 aromatic rings. The smallest absolute Gasteiger partial charge is 0.313 e. The number of benzene rings is 1. The highest BCUT2D eigenvalue weighted by Gasteiger charge is 2.37. The number of fused-ring (bicyclic) bond motifs is 1. The quantitative estimate of drug-likeness (QED) is 0.574. The van der Waals surface area contributed by atoms with E-state index in [1.165, 1.54) is 15.9 Å². The van der Waals surface area contributed by atoms with Crippen molar-refractivity contribution in [2.45, 2.75) is 44.6 Å². The first-order chi connectivity index (χ1) is 12.5. The Morgan fingerprint density at radius 1 is 1.00 bits per heavy atom. The lowest BCUT2D eigenvalue weighted by molar-refractivity contribution is -0.143. The molecule has 0 radical (unpaired) electrons. The lowest BCUT2D eigenvalue weighted by atomic mass is 10.0. The van der Waals surface area contributed by atoms with E-state index >= 15 is 0 Å². The number of alkyl halides is 6. The molecule has 0 unspecified atom stereocenters. The van der Waals surface area contributed by atoms with E-state index in [1.54, 1.807) is 0 Å². The van der Waals surface area contributed by atoms with Crippen LogP contribution in [0.1, 0.15) is 44.9 Å². The molecule has 0 bridgehead atoms. The summed E-state index contributed by atoms with van der Waals surface area (Å²) >= 11 is 1.19. The Kier molecular flexibility index (Phi) is 4.96. The molecule has 1 aliphatic rings. The third kappa shape index (κ3) is 4.10. The molecule has 0 amide bonds. The number of rotatable bonds is 3. The molecule has 0 atom stereocenters. The molecule has 1 aromatic carbocycles. The number of hydrogen-bond donors (Lipinski definition) is 1. The average Bonchev–Trinajstić information content (AvgIpc) is 2.88. The summed E-state index contributed by atoms with van der Waals surface area (Å²) in [5.74, 6) is -0.892. The number of aryl methyl sites for hydroxylation is 1. The number of ketones is 1. The molecule has 1 N–H and O–H groups in total. The fraction of sp³-hybridized carbons (Fsp3) is 0.412. The average molecular weight is 408 g/mol. The molecule has 0 spiro atoms. The van der Waals surface area contributed by atoms with Crippen LogP contribution in [0, 0.1) is 5.41 Å². The van der Waals surface area contributed by atoms with E-state index in [-0.39, 0.29) is 10.9 Å². The zero-order chi connectivity index (χ0) is 20.0. The number of carbonyl (C=O) groups excluding carboxylic acids is 1. The maximum absolute atomic E-state index is 13.0.